The molecule has 2 spiro atoms. The highest BCUT2D eigenvalue weighted by atomic mass is 35.5. The Kier molecular flexibility index (Phi) is 17.2. The number of para-hydroxylation sites is 1. The number of ether oxygens (including phenoxy) is 2. The first kappa shape index (κ1) is 55.8. The maximum atomic E-state index is 13.2. The molecule has 1 aromatic heterocycles. The molecule has 4 N–H and O–H groups in total. The van der Waals surface area contributed by atoms with Gasteiger partial charge in [0, 0.05) is 74.2 Å². The van der Waals surface area contributed by atoms with Gasteiger partial charge in [-0.25, -0.2) is 8.42 Å². The minimum absolute atomic E-state index is 0.00270. The third-order valence-electron chi connectivity index (χ3n) is 16.6. The van der Waals surface area contributed by atoms with E-state index in [1.807, 2.05) is 98.9 Å². The molecule has 1 amide bonds. The summed E-state index contributed by atoms with van der Waals surface area (Å²) in [5, 5.41) is 13.2. The van der Waals surface area contributed by atoms with E-state index in [9.17, 15) is 13.2 Å². The van der Waals surface area contributed by atoms with Crippen molar-refractivity contribution in [2.24, 2.45) is 5.73 Å². The molecule has 6 aromatic rings. The maximum absolute atomic E-state index is 13.2. The fourth-order valence-corrected chi connectivity index (χ4v) is 13.3. The van der Waals surface area contributed by atoms with Crippen molar-refractivity contribution < 1.29 is 27.1 Å². The van der Waals surface area contributed by atoms with Crippen molar-refractivity contribution in [2.45, 2.75) is 112 Å². The standard InChI is InChI=1S/C36H44Cl2N4O4S.C25H30N4O2/c1-40(35(43)26-8-4-3-5-9-26)25-28(27-10-12-31(37)32(38)22-27)14-19-41-20-15-36(16-21-41)24-33(42-17-6-7-18-42)30-23-29(39-47(2,44)45)11-13-34(30)46-36;1-24(26,16-18-7-3-2-4-8-18)23-29-28-22(30-23)15-19-17-25(11-13-27-14-12-25)31-21-10-6-5-9-20(19)21/h3-5,8-13,22-23,28,33,39H,6-7,14-21,24-25H2,1-2H3;2-10,19,27H,11-17,26H2,1H3. The molecule has 0 aliphatic carbocycles. The quantitative estimate of drug-likeness (QED) is 0.0891. The van der Waals surface area contributed by atoms with Gasteiger partial charge in [-0.2, -0.15) is 0 Å². The van der Waals surface area contributed by atoms with Crippen LogP contribution in [-0.2, 0) is 28.4 Å². The summed E-state index contributed by atoms with van der Waals surface area (Å²) in [4.78, 5) is 20.1. The van der Waals surface area contributed by atoms with E-state index in [2.05, 4.69) is 60.4 Å². The number of benzene rings is 5. The fourth-order valence-electron chi connectivity index (χ4n) is 12.5. The molecule has 3 saturated heterocycles. The predicted octanol–water partition coefficient (Wildman–Crippen LogP) is 10.8. The number of amides is 1. The predicted molar refractivity (Wildman–Crippen MR) is 308 cm³/mol. The van der Waals surface area contributed by atoms with E-state index in [0.717, 1.165) is 119 Å². The lowest BCUT2D eigenvalue weighted by atomic mass is 9.76. The van der Waals surface area contributed by atoms with Crippen LogP contribution in [0.25, 0.3) is 0 Å². The molecule has 78 heavy (non-hydrogen) atoms. The Labute approximate surface area is 470 Å². The minimum atomic E-state index is -3.37. The number of nitrogens with zero attached hydrogens (tertiary/aromatic N) is 5. The number of nitrogens with one attached hydrogen (secondary N) is 2. The van der Waals surface area contributed by atoms with Crippen LogP contribution in [0.2, 0.25) is 10.0 Å². The van der Waals surface area contributed by atoms with Crippen LogP contribution in [-0.4, -0.2) is 116 Å². The molecule has 0 saturated carbocycles. The van der Waals surface area contributed by atoms with Crippen molar-refractivity contribution in [3.8, 4) is 11.5 Å². The van der Waals surface area contributed by atoms with E-state index in [1.54, 1.807) is 11.0 Å². The summed E-state index contributed by atoms with van der Waals surface area (Å²) < 4.78 is 46.0. The van der Waals surface area contributed by atoms with Crippen LogP contribution in [0, 0.1) is 0 Å². The summed E-state index contributed by atoms with van der Waals surface area (Å²) in [6.45, 7) is 9.32. The van der Waals surface area contributed by atoms with Crippen molar-refractivity contribution >= 4 is 44.8 Å². The van der Waals surface area contributed by atoms with Gasteiger partial charge in [0.15, 0.2) is 0 Å². The van der Waals surface area contributed by atoms with Crippen LogP contribution in [0.4, 0.5) is 5.69 Å². The second-order valence-electron chi connectivity index (χ2n) is 22.7. The van der Waals surface area contributed by atoms with Gasteiger partial charge in [-0.3, -0.25) is 14.4 Å². The molecule has 0 bridgehead atoms. The number of sulfonamides is 1. The van der Waals surface area contributed by atoms with Crippen molar-refractivity contribution in [1.29, 1.82) is 0 Å². The number of hydrogen-bond acceptors (Lipinski definition) is 12. The molecule has 3 fully saturated rings. The fraction of sp³-hybridized carbons (Fsp3) is 0.459. The van der Waals surface area contributed by atoms with Crippen LogP contribution in [0.1, 0.15) is 127 Å². The van der Waals surface area contributed by atoms with E-state index < -0.39 is 15.6 Å². The topological polar surface area (TPSA) is 168 Å². The molecular formula is C61H74Cl2N8O6S. The number of likely N-dealkylation sites (N-methyl/N-ethyl adjacent to an activating group) is 1. The molecule has 11 rings (SSSR count). The Balaban J connectivity index is 0.000000192. The third-order valence-corrected chi connectivity index (χ3v) is 17.9. The zero-order chi connectivity index (χ0) is 54.5. The van der Waals surface area contributed by atoms with Gasteiger partial charge in [0.25, 0.3) is 5.91 Å². The highest BCUT2D eigenvalue weighted by Gasteiger charge is 2.46. The smallest absolute Gasteiger partial charge is 0.253 e. The lowest BCUT2D eigenvalue weighted by molar-refractivity contribution is -0.0401. The number of carbonyl (C=O) groups is 1. The first-order chi connectivity index (χ1) is 37.5. The van der Waals surface area contributed by atoms with Crippen molar-refractivity contribution in [3.63, 3.8) is 0 Å². The number of fused-ring (bicyclic) bond motifs is 2. The van der Waals surface area contributed by atoms with Gasteiger partial charge in [-0.15, -0.1) is 10.2 Å². The highest BCUT2D eigenvalue weighted by molar-refractivity contribution is 7.92. The molecule has 17 heteroatoms. The van der Waals surface area contributed by atoms with Crippen LogP contribution in [0.5, 0.6) is 11.5 Å². The van der Waals surface area contributed by atoms with Gasteiger partial charge >= 0.3 is 0 Å². The molecule has 5 aromatic carbocycles. The van der Waals surface area contributed by atoms with Crippen molar-refractivity contribution in [1.82, 2.24) is 30.2 Å². The van der Waals surface area contributed by atoms with Gasteiger partial charge in [0.05, 0.1) is 21.8 Å². The lowest BCUT2D eigenvalue weighted by Crippen LogP contribution is -2.52. The van der Waals surface area contributed by atoms with E-state index >= 15 is 0 Å². The number of hydrogen-bond donors (Lipinski definition) is 3. The van der Waals surface area contributed by atoms with Crippen molar-refractivity contribution in [2.75, 3.05) is 70.4 Å². The number of nitrogens with two attached hydrogens (primary N) is 1. The summed E-state index contributed by atoms with van der Waals surface area (Å²) in [6, 6.07) is 39.6. The van der Waals surface area contributed by atoms with Gasteiger partial charge in [0.2, 0.25) is 21.8 Å². The molecule has 5 aliphatic heterocycles. The SMILES string of the molecule is CC(N)(Cc1ccccc1)c1nnc(CC2CC3(CCNCC3)Oc3ccccc32)o1.CN(CC(CCN1CCC2(CC1)CC(N1CCCC1)c1cc(NS(C)(=O)=O)ccc1O2)c1ccc(Cl)c(Cl)c1)C(=O)c1ccccc1. The average molecular weight is 1120 g/mol. The third kappa shape index (κ3) is 13.5. The molecule has 14 nitrogen and oxygen atoms in total. The molecule has 5 aliphatic rings. The van der Waals surface area contributed by atoms with Crippen molar-refractivity contribution in [3.05, 3.63) is 171 Å². The molecule has 0 radical (unpaired) electrons. The number of anilines is 1. The number of likely N-dealkylation sites (tertiary alicyclic amines) is 2. The Morgan fingerprint density at radius 3 is 2.19 bits per heavy atom. The second-order valence-corrected chi connectivity index (χ2v) is 25.2. The highest BCUT2D eigenvalue weighted by Crippen LogP contribution is 2.49. The molecule has 414 valence electrons. The first-order valence-corrected chi connectivity index (χ1v) is 30.3. The van der Waals surface area contributed by atoms with E-state index in [1.165, 1.54) is 24.7 Å². The number of aromatic nitrogens is 2. The number of rotatable bonds is 15. The molecular weight excluding hydrogens is 1040 g/mol. The number of carbonyl (C=O) groups excluding carboxylic acids is 1. The van der Waals surface area contributed by atoms with Gasteiger partial charge < -0.3 is 34.7 Å². The Morgan fingerprint density at radius 1 is 0.821 bits per heavy atom. The van der Waals surface area contributed by atoms with Gasteiger partial charge in [0.1, 0.15) is 22.7 Å². The molecule has 4 atom stereocenters. The van der Waals surface area contributed by atoms with Crippen LogP contribution < -0.4 is 25.2 Å². The summed E-state index contributed by atoms with van der Waals surface area (Å²) in [7, 11) is -1.51. The van der Waals surface area contributed by atoms with Gasteiger partial charge in [-0.1, -0.05) is 96.0 Å². The lowest BCUT2D eigenvalue weighted by Gasteiger charge is -2.49. The van der Waals surface area contributed by atoms with E-state index in [4.69, 9.17) is 42.8 Å². The van der Waals surface area contributed by atoms with Gasteiger partial charge in [-0.05, 0) is 163 Å². The summed E-state index contributed by atoms with van der Waals surface area (Å²) in [6.07, 6.45) is 11.5. The first-order valence-electron chi connectivity index (χ1n) is 27.7. The largest absolute Gasteiger partial charge is 0.487 e. The summed E-state index contributed by atoms with van der Waals surface area (Å²) in [5.74, 6) is 3.37. The van der Waals surface area contributed by atoms with Crippen LogP contribution >= 0.6 is 23.2 Å². The summed E-state index contributed by atoms with van der Waals surface area (Å²) in [5.41, 5.74) is 11.3. The zero-order valence-electron chi connectivity index (χ0n) is 45.1. The van der Waals surface area contributed by atoms with Crippen LogP contribution in [0.15, 0.2) is 126 Å². The Bertz CT molecular complexity index is 3110. The van der Waals surface area contributed by atoms with E-state index in [0.29, 0.717) is 52.5 Å². The zero-order valence-corrected chi connectivity index (χ0v) is 47.5. The number of piperidine rings is 2. The monoisotopic (exact) mass is 1120 g/mol. The minimum Gasteiger partial charge on any atom is -0.487 e. The Morgan fingerprint density at radius 2 is 1.49 bits per heavy atom. The normalized spacial score (nSPS) is 20.9. The summed E-state index contributed by atoms with van der Waals surface area (Å²) >= 11 is 12.7. The average Bonchev–Trinajstić information content (AvgIpc) is 4.19. The maximum Gasteiger partial charge on any atom is 0.253 e. The molecule has 6 heterocycles. The molecule has 4 unspecified atom stereocenters. The second kappa shape index (κ2) is 24.1. The van der Waals surface area contributed by atoms with Crippen LogP contribution in [0.3, 0.4) is 0 Å². The van der Waals surface area contributed by atoms with E-state index in [-0.39, 0.29) is 35.0 Å². The number of halogens is 2. The Hall–Kier alpha value is -5.52.